The Balaban J connectivity index is 2.24. The summed E-state index contributed by atoms with van der Waals surface area (Å²) in [7, 11) is 0. The third-order valence-corrected chi connectivity index (χ3v) is 2.68. The molecule has 2 rings (SSSR count). The number of hydrogen-bond acceptors (Lipinski definition) is 1. The van der Waals surface area contributed by atoms with E-state index in [1.54, 1.807) is 4.90 Å². The third kappa shape index (κ3) is 1.70. The summed E-state index contributed by atoms with van der Waals surface area (Å²) in [6.45, 7) is 1.50. The molecule has 0 saturated heterocycles. The maximum atomic E-state index is 11.0. The molecule has 1 amide bonds. The lowest BCUT2D eigenvalue weighted by atomic mass is 10.0. The van der Waals surface area contributed by atoms with E-state index >= 15 is 0 Å². The fourth-order valence-corrected chi connectivity index (χ4v) is 1.83. The summed E-state index contributed by atoms with van der Waals surface area (Å²) in [5.74, 6) is 0. The highest BCUT2D eigenvalue weighted by Gasteiger charge is 2.17. The highest BCUT2D eigenvalue weighted by atomic mass is 32.1. The standard InChI is InChI=1S/C10H11NOS/c12-10(13)11-6-5-8-3-1-2-4-9(8)7-11/h1-4H,5-7H2,(H,12,13). The molecule has 0 bridgehead atoms. The first-order valence-corrected chi connectivity index (χ1v) is 4.77. The highest BCUT2D eigenvalue weighted by Crippen LogP contribution is 2.18. The van der Waals surface area contributed by atoms with E-state index in [0.29, 0.717) is 6.54 Å². The second-order valence-corrected chi connectivity index (χ2v) is 3.61. The van der Waals surface area contributed by atoms with E-state index in [-0.39, 0.29) is 5.24 Å². The minimum Gasteiger partial charge on any atom is -0.329 e. The SMILES string of the molecule is O=C(S)N1CCc2ccccc2C1. The van der Waals surface area contributed by atoms with Gasteiger partial charge in [-0.1, -0.05) is 36.9 Å². The van der Waals surface area contributed by atoms with Crippen LogP contribution < -0.4 is 0 Å². The Hall–Kier alpha value is -0.960. The lowest BCUT2D eigenvalue weighted by Crippen LogP contribution is -2.32. The topological polar surface area (TPSA) is 20.3 Å². The van der Waals surface area contributed by atoms with Gasteiger partial charge < -0.3 is 4.90 Å². The van der Waals surface area contributed by atoms with E-state index in [2.05, 4.69) is 24.8 Å². The number of amides is 1. The molecule has 0 spiro atoms. The predicted octanol–water partition coefficient (Wildman–Crippen LogP) is 2.09. The van der Waals surface area contributed by atoms with E-state index in [4.69, 9.17) is 0 Å². The zero-order valence-corrected chi connectivity index (χ0v) is 8.13. The van der Waals surface area contributed by atoms with E-state index in [9.17, 15) is 4.79 Å². The van der Waals surface area contributed by atoms with Gasteiger partial charge in [0.2, 0.25) is 0 Å². The normalized spacial score (nSPS) is 15.3. The van der Waals surface area contributed by atoms with Gasteiger partial charge in [0.05, 0.1) is 0 Å². The van der Waals surface area contributed by atoms with Crippen LogP contribution >= 0.6 is 12.6 Å². The van der Waals surface area contributed by atoms with Crippen molar-refractivity contribution in [2.24, 2.45) is 0 Å². The van der Waals surface area contributed by atoms with Gasteiger partial charge in [0.1, 0.15) is 0 Å². The summed E-state index contributed by atoms with van der Waals surface area (Å²) in [6, 6.07) is 8.23. The lowest BCUT2D eigenvalue weighted by molar-refractivity contribution is 0.218. The number of nitrogens with zero attached hydrogens (tertiary/aromatic N) is 1. The third-order valence-electron chi connectivity index (χ3n) is 2.40. The maximum absolute atomic E-state index is 11.0. The molecule has 1 aliphatic heterocycles. The molecule has 0 atom stereocenters. The first-order valence-electron chi connectivity index (χ1n) is 4.32. The number of hydrogen-bond donors (Lipinski definition) is 1. The first-order chi connectivity index (χ1) is 6.27. The van der Waals surface area contributed by atoms with Crippen molar-refractivity contribution in [2.45, 2.75) is 13.0 Å². The Bertz CT molecular complexity index is 337. The molecular weight excluding hydrogens is 182 g/mol. The van der Waals surface area contributed by atoms with E-state index in [0.717, 1.165) is 13.0 Å². The first kappa shape index (κ1) is 8.63. The Morgan fingerprint density at radius 1 is 1.31 bits per heavy atom. The molecule has 0 fully saturated rings. The van der Waals surface area contributed by atoms with E-state index < -0.39 is 0 Å². The van der Waals surface area contributed by atoms with Gasteiger partial charge >= 0.3 is 0 Å². The second-order valence-electron chi connectivity index (χ2n) is 3.22. The van der Waals surface area contributed by atoms with Crippen LogP contribution in [-0.2, 0) is 13.0 Å². The van der Waals surface area contributed by atoms with Crippen molar-refractivity contribution in [3.63, 3.8) is 0 Å². The van der Waals surface area contributed by atoms with Gasteiger partial charge in [-0.2, -0.15) is 0 Å². The molecule has 0 N–H and O–H groups in total. The molecule has 13 heavy (non-hydrogen) atoms. The maximum Gasteiger partial charge on any atom is 0.278 e. The smallest absolute Gasteiger partial charge is 0.278 e. The van der Waals surface area contributed by atoms with Crippen LogP contribution in [0.15, 0.2) is 24.3 Å². The minimum absolute atomic E-state index is 0.130. The molecule has 0 aromatic heterocycles. The number of benzene rings is 1. The Morgan fingerprint density at radius 3 is 2.69 bits per heavy atom. The molecule has 68 valence electrons. The number of fused-ring (bicyclic) bond motifs is 1. The van der Waals surface area contributed by atoms with Crippen LogP contribution in [0.25, 0.3) is 0 Å². The van der Waals surface area contributed by atoms with Crippen molar-refractivity contribution in [1.82, 2.24) is 4.90 Å². The predicted molar refractivity (Wildman–Crippen MR) is 54.9 cm³/mol. The monoisotopic (exact) mass is 193 g/mol. The summed E-state index contributed by atoms with van der Waals surface area (Å²) in [4.78, 5) is 12.8. The van der Waals surface area contributed by atoms with Gasteiger partial charge in [0.15, 0.2) is 0 Å². The summed E-state index contributed by atoms with van der Waals surface area (Å²) >= 11 is 3.82. The highest BCUT2D eigenvalue weighted by molar-refractivity contribution is 7.96. The van der Waals surface area contributed by atoms with Crippen LogP contribution in [0.5, 0.6) is 0 Å². The molecule has 1 aromatic carbocycles. The van der Waals surface area contributed by atoms with Gasteiger partial charge in [0, 0.05) is 13.1 Å². The molecule has 2 nitrogen and oxygen atoms in total. The van der Waals surface area contributed by atoms with Crippen LogP contribution in [0.2, 0.25) is 0 Å². The van der Waals surface area contributed by atoms with Gasteiger partial charge in [-0.3, -0.25) is 4.79 Å². The molecule has 0 radical (unpaired) electrons. The van der Waals surface area contributed by atoms with Crippen molar-refractivity contribution in [3.8, 4) is 0 Å². The lowest BCUT2D eigenvalue weighted by Gasteiger charge is -2.27. The molecule has 1 aromatic rings. The Kier molecular flexibility index (Phi) is 2.27. The average molecular weight is 193 g/mol. The van der Waals surface area contributed by atoms with Gasteiger partial charge in [-0.05, 0) is 17.5 Å². The Morgan fingerprint density at radius 2 is 2.00 bits per heavy atom. The number of thiol groups is 1. The summed E-state index contributed by atoms with van der Waals surface area (Å²) in [5, 5.41) is -0.130. The van der Waals surface area contributed by atoms with Crippen molar-refractivity contribution < 1.29 is 4.79 Å². The van der Waals surface area contributed by atoms with Crippen LogP contribution in [0.1, 0.15) is 11.1 Å². The van der Waals surface area contributed by atoms with Crippen LogP contribution in [-0.4, -0.2) is 16.7 Å². The van der Waals surface area contributed by atoms with E-state index in [1.807, 2.05) is 12.1 Å². The van der Waals surface area contributed by atoms with Crippen LogP contribution in [0, 0.1) is 0 Å². The molecule has 0 aliphatic carbocycles. The number of rotatable bonds is 0. The molecule has 1 heterocycles. The molecule has 0 unspecified atom stereocenters. The van der Waals surface area contributed by atoms with Crippen molar-refractivity contribution in [2.75, 3.05) is 6.54 Å². The molecular formula is C10H11NOS. The largest absolute Gasteiger partial charge is 0.329 e. The zero-order valence-electron chi connectivity index (χ0n) is 7.23. The number of carbonyl (C=O) groups excluding carboxylic acids is 1. The number of carbonyl (C=O) groups is 1. The fraction of sp³-hybridized carbons (Fsp3) is 0.300. The quantitative estimate of drug-likeness (QED) is 0.626. The van der Waals surface area contributed by atoms with Crippen molar-refractivity contribution in [3.05, 3.63) is 35.4 Å². The summed E-state index contributed by atoms with van der Waals surface area (Å²) in [6.07, 6.45) is 0.947. The van der Waals surface area contributed by atoms with Gasteiger partial charge in [0.25, 0.3) is 5.24 Å². The van der Waals surface area contributed by atoms with Gasteiger partial charge in [-0.25, -0.2) is 0 Å². The van der Waals surface area contributed by atoms with Crippen molar-refractivity contribution in [1.29, 1.82) is 0 Å². The van der Waals surface area contributed by atoms with E-state index in [1.165, 1.54) is 11.1 Å². The Labute approximate surface area is 83.0 Å². The molecule has 1 aliphatic rings. The summed E-state index contributed by atoms with van der Waals surface area (Å²) in [5.41, 5.74) is 2.60. The average Bonchev–Trinajstić information content (AvgIpc) is 2.17. The fourth-order valence-electron chi connectivity index (χ4n) is 1.66. The van der Waals surface area contributed by atoms with Gasteiger partial charge in [-0.15, -0.1) is 0 Å². The van der Waals surface area contributed by atoms with Crippen LogP contribution in [0.3, 0.4) is 0 Å². The second kappa shape index (κ2) is 3.42. The van der Waals surface area contributed by atoms with Crippen LogP contribution in [0.4, 0.5) is 4.79 Å². The molecule has 3 heteroatoms. The minimum atomic E-state index is -0.130. The molecule has 0 saturated carbocycles. The summed E-state index contributed by atoms with van der Waals surface area (Å²) < 4.78 is 0. The zero-order chi connectivity index (χ0) is 9.26. The van der Waals surface area contributed by atoms with Crippen molar-refractivity contribution >= 4 is 17.9 Å².